The van der Waals surface area contributed by atoms with E-state index < -0.39 is 35.9 Å². The highest BCUT2D eigenvalue weighted by molar-refractivity contribution is 7.22. The lowest BCUT2D eigenvalue weighted by Crippen LogP contribution is -2.30. The second-order valence-electron chi connectivity index (χ2n) is 21.0. The number of esters is 5. The normalized spacial score (nSPS) is 16.9. The topological polar surface area (TPSA) is 197 Å². The Balaban J connectivity index is 0.935. The molecule has 0 amide bonds. The van der Waals surface area contributed by atoms with E-state index in [1.54, 1.807) is 87.2 Å². The standard InChI is InChI=1S/C65H81N3O14S/c1-4-60(69)78-44-18-10-9-17-42-76-51-27-21-47(22-28-51)61(70)79-53-29-23-49(24-30-53)63(72)82-56-37-38-57(50(45-56)46-66-68(39-13-5-6-14-40-74-2)65-67-58-19-11-12-20-59(58)83-65)64(73)81-54-31-25-48(26-32-54)62(71)80-55-35-33-52(34-36-55)77-43-16-8-7-15-41-75-3/h4,11-12,19-22,27-28,33-38,45-46,48-49,53-54H,1,5-10,13-18,23-26,29-32,39-44H2,2-3H3/b66-46+. The van der Waals surface area contributed by atoms with Gasteiger partial charge in [-0.1, -0.05) is 49.3 Å². The van der Waals surface area contributed by atoms with E-state index >= 15 is 0 Å². The van der Waals surface area contributed by atoms with Crippen molar-refractivity contribution in [2.24, 2.45) is 16.9 Å². The number of thiazole rings is 1. The van der Waals surface area contributed by atoms with Gasteiger partial charge in [0.1, 0.15) is 35.2 Å². The van der Waals surface area contributed by atoms with E-state index in [1.807, 2.05) is 29.3 Å². The predicted octanol–water partition coefficient (Wildman–Crippen LogP) is 13.2. The fourth-order valence-electron chi connectivity index (χ4n) is 9.89. The molecule has 0 aliphatic heterocycles. The maximum absolute atomic E-state index is 14.2. The van der Waals surface area contributed by atoms with E-state index in [4.69, 9.17) is 52.7 Å². The molecular formula is C65H81N3O14S. The lowest BCUT2D eigenvalue weighted by atomic mass is 9.87. The van der Waals surface area contributed by atoms with E-state index in [-0.39, 0.29) is 29.3 Å². The Bertz CT molecular complexity index is 2810. The number of carbonyl (C=O) groups excluding carboxylic acids is 5. The first-order chi connectivity index (χ1) is 40.6. The quantitative estimate of drug-likeness (QED) is 0.00705. The van der Waals surface area contributed by atoms with Crippen molar-refractivity contribution in [2.45, 2.75) is 141 Å². The van der Waals surface area contributed by atoms with Gasteiger partial charge in [0.05, 0.1) is 59.2 Å². The Morgan fingerprint density at radius 3 is 1.66 bits per heavy atom. The highest BCUT2D eigenvalue weighted by Gasteiger charge is 2.32. The molecule has 0 saturated heterocycles. The highest BCUT2D eigenvalue weighted by Crippen LogP contribution is 2.33. The molecule has 2 aliphatic rings. The molecule has 0 bridgehead atoms. The highest BCUT2D eigenvalue weighted by atomic mass is 32.1. The fraction of sp³-hybridized carbons (Fsp3) is 0.492. The maximum Gasteiger partial charge on any atom is 0.339 e. The summed E-state index contributed by atoms with van der Waals surface area (Å²) in [5.41, 5.74) is 1.90. The van der Waals surface area contributed by atoms with Gasteiger partial charge in [0.25, 0.3) is 0 Å². The van der Waals surface area contributed by atoms with Crippen molar-refractivity contribution < 1.29 is 66.6 Å². The minimum Gasteiger partial charge on any atom is -0.494 e. The van der Waals surface area contributed by atoms with Crippen LogP contribution >= 0.6 is 11.3 Å². The van der Waals surface area contributed by atoms with Gasteiger partial charge in [-0.05, 0) is 188 Å². The Morgan fingerprint density at radius 2 is 1.08 bits per heavy atom. The van der Waals surface area contributed by atoms with Crippen molar-refractivity contribution in [3.05, 3.63) is 120 Å². The Kier molecular flexibility index (Phi) is 26.8. The van der Waals surface area contributed by atoms with Crippen molar-refractivity contribution in [1.29, 1.82) is 0 Å². The molecule has 7 rings (SSSR count). The van der Waals surface area contributed by atoms with Crippen LogP contribution in [-0.4, -0.2) is 107 Å². The first-order valence-corrected chi connectivity index (χ1v) is 30.3. The summed E-state index contributed by atoms with van der Waals surface area (Å²) >= 11 is 1.53. The number of ether oxygens (including phenoxy) is 9. The van der Waals surface area contributed by atoms with Crippen molar-refractivity contribution in [2.75, 3.05) is 58.8 Å². The summed E-state index contributed by atoms with van der Waals surface area (Å²) in [5.74, 6) is -0.866. The molecule has 1 aromatic heterocycles. The van der Waals surface area contributed by atoms with E-state index in [9.17, 15) is 24.0 Å². The molecule has 2 saturated carbocycles. The van der Waals surface area contributed by atoms with Gasteiger partial charge in [-0.2, -0.15) is 5.10 Å². The zero-order valence-corrected chi connectivity index (χ0v) is 49.0. The van der Waals surface area contributed by atoms with Crippen molar-refractivity contribution in [3.8, 4) is 23.0 Å². The van der Waals surface area contributed by atoms with E-state index in [0.717, 1.165) is 106 Å². The van der Waals surface area contributed by atoms with Gasteiger partial charge in [-0.15, -0.1) is 0 Å². The zero-order valence-electron chi connectivity index (χ0n) is 48.2. The number of methoxy groups -OCH3 is 2. The van der Waals surface area contributed by atoms with E-state index in [1.165, 1.54) is 11.3 Å². The summed E-state index contributed by atoms with van der Waals surface area (Å²) < 4.78 is 51.9. The third kappa shape index (κ3) is 21.5. The molecule has 0 N–H and O–H groups in total. The van der Waals surface area contributed by atoms with Crippen LogP contribution in [0.25, 0.3) is 10.2 Å². The summed E-state index contributed by atoms with van der Waals surface area (Å²) in [4.78, 5) is 70.5. The van der Waals surface area contributed by atoms with Gasteiger partial charge >= 0.3 is 29.8 Å². The molecule has 2 aliphatic carbocycles. The maximum atomic E-state index is 14.2. The van der Waals surface area contributed by atoms with Crippen LogP contribution in [0.1, 0.15) is 155 Å². The second-order valence-corrected chi connectivity index (χ2v) is 22.0. The average Bonchev–Trinajstić information content (AvgIpc) is 4.15. The third-order valence-corrected chi connectivity index (χ3v) is 15.7. The Hall–Kier alpha value is -7.15. The zero-order chi connectivity index (χ0) is 58.4. The molecule has 1 heterocycles. The molecule has 5 aromatic rings. The third-order valence-electron chi connectivity index (χ3n) is 14.7. The average molecular weight is 1160 g/mol. The smallest absolute Gasteiger partial charge is 0.339 e. The number of nitrogens with zero attached hydrogens (tertiary/aromatic N) is 3. The number of hydrogen-bond donors (Lipinski definition) is 0. The van der Waals surface area contributed by atoms with Crippen LogP contribution in [0.5, 0.6) is 23.0 Å². The molecule has 2 fully saturated rings. The molecule has 0 radical (unpaired) electrons. The van der Waals surface area contributed by atoms with Gasteiger partial charge in [0.15, 0.2) is 0 Å². The molecule has 446 valence electrons. The van der Waals surface area contributed by atoms with Gasteiger partial charge in [0.2, 0.25) is 5.13 Å². The van der Waals surface area contributed by atoms with Crippen LogP contribution in [0, 0.1) is 11.8 Å². The van der Waals surface area contributed by atoms with Crippen LogP contribution in [-0.2, 0) is 38.1 Å². The molecule has 83 heavy (non-hydrogen) atoms. The number of aromatic nitrogens is 1. The number of benzene rings is 4. The fourth-order valence-corrected chi connectivity index (χ4v) is 10.8. The monoisotopic (exact) mass is 1160 g/mol. The summed E-state index contributed by atoms with van der Waals surface area (Å²) in [6.45, 7) is 6.94. The van der Waals surface area contributed by atoms with Crippen LogP contribution < -0.4 is 24.0 Å². The molecule has 17 nitrogen and oxygen atoms in total. The van der Waals surface area contributed by atoms with E-state index in [2.05, 4.69) is 6.58 Å². The van der Waals surface area contributed by atoms with Gasteiger partial charge < -0.3 is 42.6 Å². The SMILES string of the molecule is C=CC(=O)OCCCCCCOc1ccc(C(=O)OC2CCC(C(=O)Oc3ccc(C(=O)OC4CCC(C(=O)Oc5ccc(OCCCCCCOC)cc5)CC4)c(/C=N/N(CCCCCCOC)c4nc5ccccc5s4)c3)CC2)cc1. The summed E-state index contributed by atoms with van der Waals surface area (Å²) in [7, 11) is 3.42. The molecule has 4 aromatic carbocycles. The van der Waals surface area contributed by atoms with Crippen molar-refractivity contribution >= 4 is 62.7 Å². The summed E-state index contributed by atoms with van der Waals surface area (Å²) in [5, 5.41) is 7.49. The van der Waals surface area contributed by atoms with Crippen LogP contribution in [0.2, 0.25) is 0 Å². The second kappa shape index (κ2) is 35.1. The summed E-state index contributed by atoms with van der Waals surface area (Å²) in [6, 6.07) is 26.7. The molecule has 0 unspecified atom stereocenters. The molecular weight excluding hydrogens is 1080 g/mol. The van der Waals surface area contributed by atoms with Crippen LogP contribution in [0.4, 0.5) is 5.13 Å². The minimum atomic E-state index is -0.559. The number of unbranched alkanes of at least 4 members (excludes halogenated alkanes) is 9. The van der Waals surface area contributed by atoms with Gasteiger partial charge in [-0.25, -0.2) is 24.4 Å². The molecule has 0 spiro atoms. The lowest BCUT2D eigenvalue weighted by Gasteiger charge is -2.27. The number of anilines is 1. The van der Waals surface area contributed by atoms with Crippen molar-refractivity contribution in [3.63, 3.8) is 0 Å². The first-order valence-electron chi connectivity index (χ1n) is 29.5. The molecule has 18 heteroatoms. The van der Waals surface area contributed by atoms with Crippen LogP contribution in [0.3, 0.4) is 0 Å². The number of fused-ring (bicyclic) bond motifs is 1. The number of hydrogen-bond acceptors (Lipinski definition) is 18. The van der Waals surface area contributed by atoms with Gasteiger partial charge in [0, 0.05) is 45.6 Å². The minimum absolute atomic E-state index is 0.242. The first kappa shape index (κ1) is 63.4. The number of para-hydroxylation sites is 1. The number of rotatable bonds is 35. The van der Waals surface area contributed by atoms with Crippen molar-refractivity contribution in [1.82, 2.24) is 4.98 Å². The Labute approximate surface area is 491 Å². The van der Waals surface area contributed by atoms with Crippen LogP contribution in [0.15, 0.2) is 109 Å². The Morgan fingerprint density at radius 1 is 0.578 bits per heavy atom. The predicted molar refractivity (Wildman–Crippen MR) is 319 cm³/mol. The largest absolute Gasteiger partial charge is 0.494 e. The summed E-state index contributed by atoms with van der Waals surface area (Å²) in [6.07, 6.45) is 17.2. The van der Waals surface area contributed by atoms with Gasteiger partial charge in [-0.3, -0.25) is 9.59 Å². The lowest BCUT2D eigenvalue weighted by molar-refractivity contribution is -0.141. The number of carbonyl (C=O) groups is 5. The molecule has 0 atom stereocenters. The van der Waals surface area contributed by atoms with E-state index in [0.29, 0.717) is 112 Å². The number of hydrazone groups is 1.